The van der Waals surface area contributed by atoms with Gasteiger partial charge in [-0.15, -0.1) is 0 Å². The zero-order chi connectivity index (χ0) is 17.9. The summed E-state index contributed by atoms with van der Waals surface area (Å²) in [5.74, 6) is -0.906. The molecular formula is C18H21NO5. The van der Waals surface area contributed by atoms with Crippen LogP contribution in [0, 0.1) is 0 Å². The van der Waals surface area contributed by atoms with Crippen molar-refractivity contribution < 1.29 is 23.5 Å². The summed E-state index contributed by atoms with van der Waals surface area (Å²) in [6, 6.07) is 9.04. The van der Waals surface area contributed by atoms with Gasteiger partial charge in [-0.1, -0.05) is 30.3 Å². The normalized spacial score (nSPS) is 11.0. The van der Waals surface area contributed by atoms with E-state index in [1.165, 1.54) is 14.2 Å². The van der Waals surface area contributed by atoms with Crippen LogP contribution in [0.3, 0.4) is 0 Å². The summed E-state index contributed by atoms with van der Waals surface area (Å²) >= 11 is 0. The fourth-order valence-corrected chi connectivity index (χ4v) is 2.25. The van der Waals surface area contributed by atoms with Gasteiger partial charge in [-0.2, -0.15) is 0 Å². The SMILES string of the molecule is COC(=O)c1c(NC(C)(C)C)oc(-c2ccccc2)c1C(=O)OC. The van der Waals surface area contributed by atoms with Crippen molar-refractivity contribution in [2.24, 2.45) is 0 Å². The molecule has 128 valence electrons. The number of hydrogen-bond acceptors (Lipinski definition) is 6. The monoisotopic (exact) mass is 331 g/mol. The summed E-state index contributed by atoms with van der Waals surface area (Å²) in [6.45, 7) is 5.74. The highest BCUT2D eigenvalue weighted by Crippen LogP contribution is 2.37. The Hall–Kier alpha value is -2.76. The predicted octanol–water partition coefficient (Wildman–Crippen LogP) is 3.73. The van der Waals surface area contributed by atoms with Crippen molar-refractivity contribution in [2.75, 3.05) is 19.5 Å². The number of carbonyl (C=O) groups is 2. The molecule has 0 aliphatic rings. The molecule has 0 aliphatic carbocycles. The molecule has 6 heteroatoms. The Bertz CT molecular complexity index is 741. The maximum Gasteiger partial charge on any atom is 0.344 e. The number of anilines is 1. The molecule has 6 nitrogen and oxygen atoms in total. The van der Waals surface area contributed by atoms with E-state index in [2.05, 4.69) is 5.32 Å². The van der Waals surface area contributed by atoms with Crippen molar-refractivity contribution in [1.82, 2.24) is 0 Å². The summed E-state index contributed by atoms with van der Waals surface area (Å²) in [7, 11) is 2.50. The smallest absolute Gasteiger partial charge is 0.344 e. The van der Waals surface area contributed by atoms with E-state index >= 15 is 0 Å². The molecule has 0 unspecified atom stereocenters. The van der Waals surface area contributed by atoms with Gasteiger partial charge in [0.2, 0.25) is 5.88 Å². The predicted molar refractivity (Wildman–Crippen MR) is 90.2 cm³/mol. The van der Waals surface area contributed by atoms with Crippen molar-refractivity contribution in [3.63, 3.8) is 0 Å². The molecule has 0 bridgehead atoms. The van der Waals surface area contributed by atoms with Crippen LogP contribution < -0.4 is 5.32 Å². The molecule has 0 radical (unpaired) electrons. The lowest BCUT2D eigenvalue weighted by Crippen LogP contribution is -2.27. The molecule has 0 atom stereocenters. The van der Waals surface area contributed by atoms with Crippen molar-refractivity contribution >= 4 is 17.8 Å². The summed E-state index contributed by atoms with van der Waals surface area (Å²) < 4.78 is 15.5. The molecule has 0 fully saturated rings. The highest BCUT2D eigenvalue weighted by atomic mass is 16.5. The van der Waals surface area contributed by atoms with E-state index in [9.17, 15) is 9.59 Å². The number of carbonyl (C=O) groups excluding carboxylic acids is 2. The second-order valence-corrected chi connectivity index (χ2v) is 6.23. The van der Waals surface area contributed by atoms with Gasteiger partial charge in [-0.3, -0.25) is 0 Å². The molecule has 1 heterocycles. The third-order valence-electron chi connectivity index (χ3n) is 3.21. The van der Waals surface area contributed by atoms with E-state index in [1.54, 1.807) is 12.1 Å². The van der Waals surface area contributed by atoms with Crippen molar-refractivity contribution in [3.05, 3.63) is 41.5 Å². The van der Waals surface area contributed by atoms with Crippen molar-refractivity contribution in [2.45, 2.75) is 26.3 Å². The van der Waals surface area contributed by atoms with Crippen LogP contribution in [0.5, 0.6) is 0 Å². The number of ether oxygens (including phenoxy) is 2. The molecule has 0 saturated carbocycles. The lowest BCUT2D eigenvalue weighted by molar-refractivity contribution is 0.0558. The summed E-state index contributed by atoms with van der Waals surface area (Å²) in [6.07, 6.45) is 0. The van der Waals surface area contributed by atoms with Gasteiger partial charge in [0.15, 0.2) is 5.76 Å². The number of rotatable bonds is 4. The van der Waals surface area contributed by atoms with Crippen LogP contribution in [0.15, 0.2) is 34.7 Å². The molecule has 2 aromatic rings. The quantitative estimate of drug-likeness (QED) is 0.860. The Labute approximate surface area is 140 Å². The van der Waals surface area contributed by atoms with Crippen LogP contribution in [-0.4, -0.2) is 31.7 Å². The minimum Gasteiger partial charge on any atom is -0.465 e. The molecule has 2 rings (SSSR count). The van der Waals surface area contributed by atoms with Gasteiger partial charge in [0.05, 0.1) is 14.2 Å². The van der Waals surface area contributed by atoms with Gasteiger partial charge in [-0.05, 0) is 20.8 Å². The Balaban J connectivity index is 2.75. The van der Waals surface area contributed by atoms with E-state index in [0.717, 1.165) is 0 Å². The molecule has 24 heavy (non-hydrogen) atoms. The number of benzene rings is 1. The minimum absolute atomic E-state index is 0.0260. The number of hydrogen-bond donors (Lipinski definition) is 1. The number of nitrogens with one attached hydrogen (secondary N) is 1. The van der Waals surface area contributed by atoms with Crippen molar-refractivity contribution in [3.8, 4) is 11.3 Å². The molecule has 0 amide bonds. The van der Waals surface area contributed by atoms with E-state index in [4.69, 9.17) is 13.9 Å². The first kappa shape index (κ1) is 17.6. The molecule has 1 aromatic carbocycles. The van der Waals surface area contributed by atoms with E-state index in [0.29, 0.717) is 5.56 Å². The van der Waals surface area contributed by atoms with E-state index in [-0.39, 0.29) is 28.3 Å². The number of furan rings is 1. The van der Waals surface area contributed by atoms with Crippen LogP contribution in [0.25, 0.3) is 11.3 Å². The van der Waals surface area contributed by atoms with Gasteiger partial charge >= 0.3 is 11.9 Å². The largest absolute Gasteiger partial charge is 0.465 e. The van der Waals surface area contributed by atoms with Gasteiger partial charge in [0.25, 0.3) is 0 Å². The molecule has 0 spiro atoms. The van der Waals surface area contributed by atoms with Crippen molar-refractivity contribution in [1.29, 1.82) is 0 Å². The van der Waals surface area contributed by atoms with Gasteiger partial charge in [-0.25, -0.2) is 9.59 Å². The Morgan fingerprint density at radius 1 is 0.958 bits per heavy atom. The molecule has 1 N–H and O–H groups in total. The Morgan fingerprint density at radius 2 is 1.50 bits per heavy atom. The summed E-state index contributed by atoms with van der Waals surface area (Å²) in [4.78, 5) is 24.6. The van der Waals surface area contributed by atoms with Gasteiger partial charge < -0.3 is 19.2 Å². The fraction of sp³-hybridized carbons (Fsp3) is 0.333. The second-order valence-electron chi connectivity index (χ2n) is 6.23. The van der Waals surface area contributed by atoms with Crippen LogP contribution in [0.4, 0.5) is 5.88 Å². The van der Waals surface area contributed by atoms with Gasteiger partial charge in [0, 0.05) is 11.1 Å². The third-order valence-corrected chi connectivity index (χ3v) is 3.21. The van der Waals surface area contributed by atoms with Crippen LogP contribution >= 0.6 is 0 Å². The van der Waals surface area contributed by atoms with E-state index < -0.39 is 11.9 Å². The number of methoxy groups -OCH3 is 2. The lowest BCUT2D eigenvalue weighted by Gasteiger charge is -2.20. The minimum atomic E-state index is -0.673. The average Bonchev–Trinajstić information content (AvgIpc) is 2.91. The first-order valence-electron chi connectivity index (χ1n) is 7.45. The summed E-state index contributed by atoms with van der Waals surface area (Å²) in [5, 5.41) is 3.10. The highest BCUT2D eigenvalue weighted by Gasteiger charge is 2.33. The molecule has 1 aromatic heterocycles. The zero-order valence-electron chi connectivity index (χ0n) is 14.4. The molecular weight excluding hydrogens is 310 g/mol. The zero-order valence-corrected chi connectivity index (χ0v) is 14.4. The topological polar surface area (TPSA) is 77.8 Å². The number of esters is 2. The van der Waals surface area contributed by atoms with Crippen LogP contribution in [-0.2, 0) is 9.47 Å². The standard InChI is InChI=1S/C18H21NO5/c1-18(2,3)19-15-13(17(21)23-5)12(16(20)22-4)14(24-15)11-9-7-6-8-10-11/h6-10,19H,1-5H3. The van der Waals surface area contributed by atoms with Crippen LogP contribution in [0.2, 0.25) is 0 Å². The molecule has 0 saturated heterocycles. The van der Waals surface area contributed by atoms with E-state index in [1.807, 2.05) is 39.0 Å². The fourth-order valence-electron chi connectivity index (χ4n) is 2.25. The Morgan fingerprint density at radius 3 is 2.00 bits per heavy atom. The Kier molecular flexibility index (Phi) is 4.97. The maximum atomic E-state index is 12.3. The average molecular weight is 331 g/mol. The second kappa shape index (κ2) is 6.78. The summed E-state index contributed by atoms with van der Waals surface area (Å²) in [5.41, 5.74) is 0.340. The maximum absolute atomic E-state index is 12.3. The van der Waals surface area contributed by atoms with Gasteiger partial charge in [0.1, 0.15) is 11.1 Å². The molecule has 0 aliphatic heterocycles. The highest BCUT2D eigenvalue weighted by molar-refractivity contribution is 6.10. The first-order chi connectivity index (χ1) is 11.3. The third kappa shape index (κ3) is 3.59. The van der Waals surface area contributed by atoms with Crippen LogP contribution in [0.1, 0.15) is 41.5 Å². The lowest BCUT2D eigenvalue weighted by atomic mass is 10.0. The first-order valence-corrected chi connectivity index (χ1v) is 7.45.